The Labute approximate surface area is 123 Å². The predicted octanol–water partition coefficient (Wildman–Crippen LogP) is 2.41. The van der Waals surface area contributed by atoms with Crippen molar-refractivity contribution in [1.29, 1.82) is 0 Å². The van der Waals surface area contributed by atoms with Crippen LogP contribution in [-0.4, -0.2) is 22.2 Å². The Balaban J connectivity index is 1.91. The van der Waals surface area contributed by atoms with Gasteiger partial charge in [-0.2, -0.15) is 0 Å². The number of nitrogens with two attached hydrogens (primary N) is 1. The normalized spacial score (nSPS) is 14.4. The molecule has 3 rings (SSSR count). The highest BCUT2D eigenvalue weighted by Gasteiger charge is 2.20. The fourth-order valence-electron chi connectivity index (χ4n) is 2.56. The number of imidazole rings is 1. The topological polar surface area (TPSA) is 56.3 Å². The van der Waals surface area contributed by atoms with Gasteiger partial charge in [0.1, 0.15) is 5.82 Å². The van der Waals surface area contributed by atoms with Crippen molar-refractivity contribution < 1.29 is 9.13 Å². The third-order valence-corrected chi connectivity index (χ3v) is 3.53. The first-order valence-corrected chi connectivity index (χ1v) is 7.05. The summed E-state index contributed by atoms with van der Waals surface area (Å²) in [5.41, 5.74) is 7.20. The summed E-state index contributed by atoms with van der Waals surface area (Å²) in [6, 6.07) is 3.01. The summed E-state index contributed by atoms with van der Waals surface area (Å²) < 4.78 is 21.5. The first-order chi connectivity index (χ1) is 10.0. The lowest BCUT2D eigenvalue weighted by atomic mass is 10.2. The minimum absolute atomic E-state index is 0.0868. The van der Waals surface area contributed by atoms with Crippen LogP contribution in [0.3, 0.4) is 0 Å². The molecule has 0 amide bonds. The van der Waals surface area contributed by atoms with E-state index < -0.39 is 5.82 Å². The Morgan fingerprint density at radius 1 is 1.33 bits per heavy atom. The van der Waals surface area contributed by atoms with Crippen molar-refractivity contribution in [3.63, 3.8) is 0 Å². The van der Waals surface area contributed by atoms with E-state index in [-0.39, 0.29) is 11.9 Å². The number of benzene rings is 1. The zero-order chi connectivity index (χ0) is 15.0. The second-order valence-corrected chi connectivity index (χ2v) is 5.47. The standard InChI is InChI=1S/C15H19FN4O/c1-10(2)21-14-8-13(12(17)7-11(14)16)20-6-5-19-4-3-18-15(19)9-20/h3-4,7-8,10H,5-6,9,17H2,1-2H3. The zero-order valence-corrected chi connectivity index (χ0v) is 12.2. The van der Waals surface area contributed by atoms with E-state index in [1.807, 2.05) is 20.0 Å². The fourth-order valence-corrected chi connectivity index (χ4v) is 2.56. The van der Waals surface area contributed by atoms with Crippen LogP contribution in [0.4, 0.5) is 15.8 Å². The van der Waals surface area contributed by atoms with E-state index in [4.69, 9.17) is 10.5 Å². The van der Waals surface area contributed by atoms with E-state index in [1.165, 1.54) is 6.07 Å². The summed E-state index contributed by atoms with van der Waals surface area (Å²) in [5, 5.41) is 0. The fraction of sp³-hybridized carbons (Fsp3) is 0.400. The maximum atomic E-state index is 13.9. The van der Waals surface area contributed by atoms with Crippen LogP contribution in [-0.2, 0) is 13.1 Å². The molecule has 1 aliphatic rings. The first-order valence-electron chi connectivity index (χ1n) is 7.05. The Bertz CT molecular complexity index is 653. The molecule has 5 nitrogen and oxygen atoms in total. The van der Waals surface area contributed by atoms with Crippen molar-refractivity contribution in [2.45, 2.75) is 33.0 Å². The van der Waals surface area contributed by atoms with Crippen LogP contribution in [0.2, 0.25) is 0 Å². The van der Waals surface area contributed by atoms with Gasteiger partial charge in [-0.25, -0.2) is 9.37 Å². The third-order valence-electron chi connectivity index (χ3n) is 3.53. The molecule has 0 fully saturated rings. The quantitative estimate of drug-likeness (QED) is 0.882. The molecule has 6 heteroatoms. The molecule has 0 saturated carbocycles. The van der Waals surface area contributed by atoms with Crippen molar-refractivity contribution in [3.8, 4) is 5.75 Å². The van der Waals surface area contributed by atoms with Crippen molar-refractivity contribution >= 4 is 11.4 Å². The number of nitrogen functional groups attached to an aromatic ring is 1. The summed E-state index contributed by atoms with van der Waals surface area (Å²) >= 11 is 0. The minimum atomic E-state index is -0.427. The Morgan fingerprint density at radius 2 is 2.14 bits per heavy atom. The van der Waals surface area contributed by atoms with Crippen molar-refractivity contribution in [1.82, 2.24) is 9.55 Å². The van der Waals surface area contributed by atoms with Crippen molar-refractivity contribution in [2.24, 2.45) is 0 Å². The van der Waals surface area contributed by atoms with E-state index in [1.54, 1.807) is 12.3 Å². The maximum Gasteiger partial charge on any atom is 0.167 e. The minimum Gasteiger partial charge on any atom is -0.488 e. The van der Waals surface area contributed by atoms with Gasteiger partial charge in [-0.3, -0.25) is 0 Å². The molecule has 2 N–H and O–H groups in total. The maximum absolute atomic E-state index is 13.9. The highest BCUT2D eigenvalue weighted by Crippen LogP contribution is 2.33. The molecule has 0 atom stereocenters. The molecule has 0 spiro atoms. The van der Waals surface area contributed by atoms with Gasteiger partial charge in [0.2, 0.25) is 0 Å². The summed E-state index contributed by atoms with van der Waals surface area (Å²) in [6.07, 6.45) is 3.67. The lowest BCUT2D eigenvalue weighted by Crippen LogP contribution is -2.34. The molecule has 2 heterocycles. The average Bonchev–Trinajstić information content (AvgIpc) is 2.88. The monoisotopic (exact) mass is 290 g/mol. The van der Waals surface area contributed by atoms with E-state index in [0.717, 1.165) is 24.6 Å². The number of hydrogen-bond acceptors (Lipinski definition) is 4. The first kappa shape index (κ1) is 13.7. The highest BCUT2D eigenvalue weighted by atomic mass is 19.1. The number of fused-ring (bicyclic) bond motifs is 1. The second-order valence-electron chi connectivity index (χ2n) is 5.47. The van der Waals surface area contributed by atoms with Crippen molar-refractivity contribution in [2.75, 3.05) is 17.2 Å². The van der Waals surface area contributed by atoms with Crippen LogP contribution in [0.15, 0.2) is 24.5 Å². The molecule has 2 aromatic rings. The van der Waals surface area contributed by atoms with E-state index >= 15 is 0 Å². The summed E-state index contributed by atoms with van der Waals surface area (Å²) in [5.74, 6) is 0.794. The van der Waals surface area contributed by atoms with E-state index in [0.29, 0.717) is 12.2 Å². The molecule has 1 aromatic heterocycles. The SMILES string of the molecule is CC(C)Oc1cc(N2CCn3ccnc3C2)c(N)cc1F. The molecule has 0 radical (unpaired) electrons. The largest absolute Gasteiger partial charge is 0.488 e. The number of aromatic nitrogens is 2. The van der Waals surface area contributed by atoms with Gasteiger partial charge in [-0.05, 0) is 13.8 Å². The molecule has 0 saturated heterocycles. The number of rotatable bonds is 3. The molecule has 112 valence electrons. The van der Waals surface area contributed by atoms with Crippen LogP contribution < -0.4 is 15.4 Å². The number of halogens is 1. The lowest BCUT2D eigenvalue weighted by Gasteiger charge is -2.31. The van der Waals surface area contributed by atoms with E-state index in [9.17, 15) is 4.39 Å². The smallest absolute Gasteiger partial charge is 0.167 e. The van der Waals surface area contributed by atoms with Crippen LogP contribution in [0.5, 0.6) is 5.75 Å². The van der Waals surface area contributed by atoms with Gasteiger partial charge in [0.25, 0.3) is 0 Å². The summed E-state index contributed by atoms with van der Waals surface area (Å²) in [4.78, 5) is 6.43. The number of hydrogen-bond donors (Lipinski definition) is 1. The molecular weight excluding hydrogens is 271 g/mol. The van der Waals surface area contributed by atoms with Gasteiger partial charge in [-0.15, -0.1) is 0 Å². The summed E-state index contributed by atoms with van der Waals surface area (Å²) in [6.45, 7) is 6.04. The second kappa shape index (κ2) is 5.27. The van der Waals surface area contributed by atoms with E-state index in [2.05, 4.69) is 14.5 Å². The Kier molecular flexibility index (Phi) is 3.45. The van der Waals surface area contributed by atoms with Crippen LogP contribution in [0.25, 0.3) is 0 Å². The van der Waals surface area contributed by atoms with Crippen LogP contribution in [0.1, 0.15) is 19.7 Å². The zero-order valence-electron chi connectivity index (χ0n) is 12.2. The molecule has 21 heavy (non-hydrogen) atoms. The highest BCUT2D eigenvalue weighted by molar-refractivity contribution is 5.70. The number of ether oxygens (including phenoxy) is 1. The Hall–Kier alpha value is -2.24. The molecule has 0 bridgehead atoms. The van der Waals surface area contributed by atoms with Gasteiger partial charge < -0.3 is 19.9 Å². The number of nitrogens with zero attached hydrogens (tertiary/aromatic N) is 3. The predicted molar refractivity (Wildman–Crippen MR) is 79.9 cm³/mol. The lowest BCUT2D eigenvalue weighted by molar-refractivity contribution is 0.231. The van der Waals surface area contributed by atoms with Gasteiger partial charge in [0, 0.05) is 37.6 Å². The molecule has 1 aliphatic heterocycles. The molecular formula is C15H19FN4O. The van der Waals surface area contributed by atoms with Gasteiger partial charge in [-0.1, -0.05) is 0 Å². The molecule has 1 aromatic carbocycles. The van der Waals surface area contributed by atoms with Crippen LogP contribution >= 0.6 is 0 Å². The van der Waals surface area contributed by atoms with Crippen molar-refractivity contribution in [3.05, 3.63) is 36.2 Å². The van der Waals surface area contributed by atoms with Gasteiger partial charge in [0.15, 0.2) is 11.6 Å². The molecule has 0 unspecified atom stereocenters. The third kappa shape index (κ3) is 2.66. The average molecular weight is 290 g/mol. The number of anilines is 2. The van der Waals surface area contributed by atoms with Gasteiger partial charge >= 0.3 is 0 Å². The summed E-state index contributed by atoms with van der Waals surface area (Å²) in [7, 11) is 0. The van der Waals surface area contributed by atoms with Gasteiger partial charge in [0.05, 0.1) is 24.0 Å². The Morgan fingerprint density at radius 3 is 2.90 bits per heavy atom. The van der Waals surface area contributed by atoms with Crippen LogP contribution in [0, 0.1) is 5.82 Å². The molecule has 0 aliphatic carbocycles.